The number of hydrogen-bond donors (Lipinski definition) is 3. The van der Waals surface area contributed by atoms with E-state index in [2.05, 4.69) is 34.6 Å². The minimum absolute atomic E-state index is 0.468. The Morgan fingerprint density at radius 3 is 2.71 bits per heavy atom. The molecular formula is C16H27N5. The maximum absolute atomic E-state index is 5.52. The molecule has 1 aromatic heterocycles. The van der Waals surface area contributed by atoms with E-state index >= 15 is 0 Å². The van der Waals surface area contributed by atoms with Gasteiger partial charge >= 0.3 is 0 Å². The molecule has 0 saturated heterocycles. The van der Waals surface area contributed by atoms with Crippen molar-refractivity contribution in [2.75, 3.05) is 10.7 Å². The Bertz CT molecular complexity index is 490. The monoisotopic (exact) mass is 289 g/mol. The summed E-state index contributed by atoms with van der Waals surface area (Å²) in [5.74, 6) is 10.7. The maximum Gasteiger partial charge on any atom is 0.145 e. The topological polar surface area (TPSA) is 75.9 Å². The highest BCUT2D eigenvalue weighted by molar-refractivity contribution is 5.47. The first-order valence-electron chi connectivity index (χ1n) is 8.30. The summed E-state index contributed by atoms with van der Waals surface area (Å²) in [6.07, 6.45) is 7.61. The zero-order valence-corrected chi connectivity index (χ0v) is 13.1. The first-order valence-corrected chi connectivity index (χ1v) is 8.30. The molecule has 1 heterocycles. The van der Waals surface area contributed by atoms with E-state index in [0.29, 0.717) is 11.9 Å². The van der Waals surface area contributed by atoms with Crippen molar-refractivity contribution in [3.05, 3.63) is 11.9 Å². The third kappa shape index (κ3) is 3.12. The van der Waals surface area contributed by atoms with Gasteiger partial charge in [0.1, 0.15) is 17.5 Å². The normalized spacial score (nSPS) is 28.6. The Labute approximate surface area is 127 Å². The summed E-state index contributed by atoms with van der Waals surface area (Å²) in [7, 11) is 0. The van der Waals surface area contributed by atoms with Gasteiger partial charge in [0, 0.05) is 18.5 Å². The molecule has 0 radical (unpaired) electrons. The van der Waals surface area contributed by atoms with E-state index in [9.17, 15) is 0 Å². The van der Waals surface area contributed by atoms with E-state index < -0.39 is 0 Å². The van der Waals surface area contributed by atoms with E-state index in [1.54, 1.807) is 0 Å². The smallest absolute Gasteiger partial charge is 0.145 e. The summed E-state index contributed by atoms with van der Waals surface area (Å²) in [5, 5.41) is 3.60. The number of anilines is 2. The van der Waals surface area contributed by atoms with Crippen LogP contribution < -0.4 is 16.6 Å². The Kier molecular flexibility index (Phi) is 4.29. The number of nitrogens with one attached hydrogen (secondary N) is 2. The molecule has 2 aliphatic carbocycles. The molecule has 1 aromatic rings. The first-order chi connectivity index (χ1) is 10.2. The fourth-order valence-electron chi connectivity index (χ4n) is 4.23. The van der Waals surface area contributed by atoms with Crippen molar-refractivity contribution in [1.82, 2.24) is 9.97 Å². The molecule has 5 heteroatoms. The molecule has 2 aliphatic rings. The average molecular weight is 289 g/mol. The Morgan fingerprint density at radius 2 is 2.10 bits per heavy atom. The van der Waals surface area contributed by atoms with Gasteiger partial charge in [-0.2, -0.15) is 0 Å². The van der Waals surface area contributed by atoms with Crippen molar-refractivity contribution in [3.8, 4) is 0 Å². The van der Waals surface area contributed by atoms with Crippen molar-refractivity contribution in [2.45, 2.75) is 58.4 Å². The lowest BCUT2D eigenvalue weighted by Gasteiger charge is -2.29. The highest BCUT2D eigenvalue weighted by atomic mass is 15.3. The minimum atomic E-state index is 0.468. The molecule has 2 fully saturated rings. The van der Waals surface area contributed by atoms with Gasteiger partial charge in [0.05, 0.1) is 0 Å². The third-order valence-electron chi connectivity index (χ3n) is 5.20. The van der Waals surface area contributed by atoms with Crippen LogP contribution in [0.15, 0.2) is 6.07 Å². The number of hydrazine groups is 1. The number of aromatic nitrogens is 2. The predicted octanol–water partition coefficient (Wildman–Crippen LogP) is 2.95. The standard InChI is InChI=1S/C16H27N5/c1-3-4-14-19-15(9-16(20-14)21-17)18-10(2)13-8-11-5-6-12(13)7-11/h9-13H,3-8,17H2,1-2H3,(H2,18,19,20,21). The van der Waals surface area contributed by atoms with Crippen LogP contribution in [-0.2, 0) is 6.42 Å². The maximum atomic E-state index is 5.52. The summed E-state index contributed by atoms with van der Waals surface area (Å²) >= 11 is 0. The van der Waals surface area contributed by atoms with E-state index in [1.807, 2.05) is 6.07 Å². The van der Waals surface area contributed by atoms with Crippen LogP contribution in [0.3, 0.4) is 0 Å². The van der Waals surface area contributed by atoms with Crippen LogP contribution in [0.2, 0.25) is 0 Å². The second-order valence-corrected chi connectivity index (χ2v) is 6.72. The zero-order valence-electron chi connectivity index (χ0n) is 13.1. The summed E-state index contributed by atoms with van der Waals surface area (Å²) in [5.41, 5.74) is 2.64. The third-order valence-corrected chi connectivity index (χ3v) is 5.20. The fraction of sp³-hybridized carbons (Fsp3) is 0.750. The van der Waals surface area contributed by atoms with Gasteiger partial charge < -0.3 is 10.7 Å². The summed E-state index contributed by atoms with van der Waals surface area (Å²) in [4.78, 5) is 9.02. The largest absolute Gasteiger partial charge is 0.367 e. The van der Waals surface area contributed by atoms with Crippen molar-refractivity contribution >= 4 is 11.6 Å². The van der Waals surface area contributed by atoms with Crippen LogP contribution in [0.4, 0.5) is 11.6 Å². The Balaban J connectivity index is 1.70. The van der Waals surface area contributed by atoms with Gasteiger partial charge in [-0.15, -0.1) is 0 Å². The molecule has 0 aliphatic heterocycles. The number of rotatable bonds is 6. The van der Waals surface area contributed by atoms with Crippen LogP contribution in [-0.4, -0.2) is 16.0 Å². The second-order valence-electron chi connectivity index (χ2n) is 6.72. The quantitative estimate of drug-likeness (QED) is 0.554. The summed E-state index contributed by atoms with van der Waals surface area (Å²) in [6.45, 7) is 4.43. The molecule has 0 amide bonds. The van der Waals surface area contributed by atoms with E-state index in [1.165, 1.54) is 25.7 Å². The van der Waals surface area contributed by atoms with Crippen LogP contribution >= 0.6 is 0 Å². The molecule has 2 saturated carbocycles. The number of nitrogen functional groups attached to an aromatic ring is 1. The Hall–Kier alpha value is -1.36. The molecule has 0 aromatic carbocycles. The van der Waals surface area contributed by atoms with Crippen molar-refractivity contribution < 1.29 is 0 Å². The number of hydrogen-bond acceptors (Lipinski definition) is 5. The van der Waals surface area contributed by atoms with Gasteiger partial charge in [-0.1, -0.05) is 13.3 Å². The lowest BCUT2D eigenvalue weighted by molar-refractivity contribution is 0.304. The van der Waals surface area contributed by atoms with Crippen LogP contribution in [0.25, 0.3) is 0 Å². The fourth-order valence-corrected chi connectivity index (χ4v) is 4.23. The SMILES string of the molecule is CCCc1nc(NN)cc(NC(C)C2CC3CCC2C3)n1. The molecule has 2 bridgehead atoms. The predicted molar refractivity (Wildman–Crippen MR) is 85.9 cm³/mol. The highest BCUT2D eigenvalue weighted by Crippen LogP contribution is 2.49. The second kappa shape index (κ2) is 6.18. The number of fused-ring (bicyclic) bond motifs is 2. The van der Waals surface area contributed by atoms with Crippen LogP contribution in [0.5, 0.6) is 0 Å². The highest BCUT2D eigenvalue weighted by Gasteiger charge is 2.41. The first kappa shape index (κ1) is 14.6. The van der Waals surface area contributed by atoms with Crippen molar-refractivity contribution in [3.63, 3.8) is 0 Å². The molecule has 4 unspecified atom stereocenters. The van der Waals surface area contributed by atoms with Crippen LogP contribution in [0.1, 0.15) is 51.8 Å². The van der Waals surface area contributed by atoms with Crippen molar-refractivity contribution in [1.29, 1.82) is 0 Å². The molecular weight excluding hydrogens is 262 g/mol. The average Bonchev–Trinajstić information content (AvgIpc) is 3.10. The summed E-state index contributed by atoms with van der Waals surface area (Å²) < 4.78 is 0. The molecule has 0 spiro atoms. The minimum Gasteiger partial charge on any atom is -0.367 e. The molecule has 116 valence electrons. The van der Waals surface area contributed by atoms with E-state index in [-0.39, 0.29) is 0 Å². The van der Waals surface area contributed by atoms with Gasteiger partial charge in [0.25, 0.3) is 0 Å². The van der Waals surface area contributed by atoms with Crippen molar-refractivity contribution in [2.24, 2.45) is 23.6 Å². The Morgan fingerprint density at radius 1 is 1.29 bits per heavy atom. The lowest BCUT2D eigenvalue weighted by atomic mass is 9.84. The van der Waals surface area contributed by atoms with Gasteiger partial charge in [-0.25, -0.2) is 15.8 Å². The molecule has 3 rings (SSSR count). The van der Waals surface area contributed by atoms with Gasteiger partial charge in [-0.3, -0.25) is 0 Å². The molecule has 4 N–H and O–H groups in total. The molecule has 21 heavy (non-hydrogen) atoms. The molecule has 5 nitrogen and oxygen atoms in total. The van der Waals surface area contributed by atoms with Gasteiger partial charge in [0.2, 0.25) is 0 Å². The van der Waals surface area contributed by atoms with Gasteiger partial charge in [0.15, 0.2) is 0 Å². The van der Waals surface area contributed by atoms with Crippen LogP contribution in [0, 0.1) is 17.8 Å². The number of nitrogens with zero attached hydrogens (tertiary/aromatic N) is 2. The summed E-state index contributed by atoms with van der Waals surface area (Å²) in [6, 6.07) is 2.37. The number of aryl methyl sites for hydroxylation is 1. The molecule has 4 atom stereocenters. The van der Waals surface area contributed by atoms with E-state index in [4.69, 9.17) is 5.84 Å². The number of nitrogens with two attached hydrogens (primary N) is 1. The van der Waals surface area contributed by atoms with Gasteiger partial charge in [-0.05, 0) is 50.4 Å². The zero-order chi connectivity index (χ0) is 14.8. The van der Waals surface area contributed by atoms with E-state index in [0.717, 1.165) is 42.2 Å². The lowest BCUT2D eigenvalue weighted by Crippen LogP contribution is -2.30.